The summed E-state index contributed by atoms with van der Waals surface area (Å²) in [4.78, 5) is 5.47. The van der Waals surface area contributed by atoms with Gasteiger partial charge in [0.25, 0.3) is 0 Å². The summed E-state index contributed by atoms with van der Waals surface area (Å²) in [5, 5.41) is 0. The molecule has 84 valence electrons. The van der Waals surface area contributed by atoms with E-state index in [-0.39, 0.29) is 5.82 Å². The van der Waals surface area contributed by atoms with Crippen molar-refractivity contribution < 1.29 is 8.78 Å². The number of halogens is 3. The summed E-state index contributed by atoms with van der Waals surface area (Å²) >= 11 is 5.55. The first-order valence-corrected chi connectivity index (χ1v) is 5.34. The highest BCUT2D eigenvalue weighted by molar-refractivity contribution is 6.17. The van der Waals surface area contributed by atoms with E-state index in [9.17, 15) is 8.78 Å². The van der Waals surface area contributed by atoms with Gasteiger partial charge in [-0.05, 0) is 13.3 Å². The van der Waals surface area contributed by atoms with Crippen molar-refractivity contribution >= 4 is 17.4 Å². The molecule has 0 aliphatic heterocycles. The van der Waals surface area contributed by atoms with Gasteiger partial charge in [0.2, 0.25) is 0 Å². The van der Waals surface area contributed by atoms with E-state index >= 15 is 0 Å². The van der Waals surface area contributed by atoms with Crippen LogP contribution in [0.2, 0.25) is 0 Å². The van der Waals surface area contributed by atoms with Crippen molar-refractivity contribution in [2.24, 2.45) is 0 Å². The number of alkyl halides is 1. The predicted molar refractivity (Wildman–Crippen MR) is 57.4 cm³/mol. The molecule has 0 aliphatic carbocycles. The van der Waals surface area contributed by atoms with Gasteiger partial charge < -0.3 is 4.90 Å². The maximum Gasteiger partial charge on any atom is 0.168 e. The van der Waals surface area contributed by atoms with Crippen LogP contribution in [0.3, 0.4) is 0 Å². The Bertz CT molecular complexity index is 320. The van der Waals surface area contributed by atoms with Crippen LogP contribution in [-0.4, -0.2) is 24.0 Å². The molecule has 0 unspecified atom stereocenters. The lowest BCUT2D eigenvalue weighted by Crippen LogP contribution is -2.26. The molecule has 0 fully saturated rings. The van der Waals surface area contributed by atoms with Gasteiger partial charge in [-0.2, -0.15) is 0 Å². The lowest BCUT2D eigenvalue weighted by Gasteiger charge is -2.21. The molecular weight excluding hydrogens is 222 g/mol. The van der Waals surface area contributed by atoms with Crippen LogP contribution in [0.5, 0.6) is 0 Å². The molecule has 0 atom stereocenters. The SMILES string of the molecule is CCN(CCCCl)c1ncc(F)cc1F. The van der Waals surface area contributed by atoms with E-state index in [1.807, 2.05) is 6.92 Å². The summed E-state index contributed by atoms with van der Waals surface area (Å²) in [6, 6.07) is 0.839. The van der Waals surface area contributed by atoms with Crippen LogP contribution in [0.1, 0.15) is 13.3 Å². The molecule has 0 N–H and O–H groups in total. The largest absolute Gasteiger partial charge is 0.354 e. The quantitative estimate of drug-likeness (QED) is 0.729. The van der Waals surface area contributed by atoms with Crippen LogP contribution in [0.25, 0.3) is 0 Å². The van der Waals surface area contributed by atoms with Crippen LogP contribution in [0.15, 0.2) is 12.3 Å². The zero-order valence-electron chi connectivity index (χ0n) is 8.51. The van der Waals surface area contributed by atoms with Crippen LogP contribution in [-0.2, 0) is 0 Å². The molecule has 0 spiro atoms. The Morgan fingerprint density at radius 3 is 2.73 bits per heavy atom. The first-order chi connectivity index (χ1) is 7.19. The number of anilines is 1. The minimum absolute atomic E-state index is 0.184. The van der Waals surface area contributed by atoms with Crippen molar-refractivity contribution in [3.63, 3.8) is 0 Å². The van der Waals surface area contributed by atoms with E-state index in [2.05, 4.69) is 4.98 Å². The molecule has 0 radical (unpaired) electrons. The monoisotopic (exact) mass is 234 g/mol. The van der Waals surface area contributed by atoms with Crippen molar-refractivity contribution in [1.29, 1.82) is 0 Å². The lowest BCUT2D eigenvalue weighted by atomic mass is 10.3. The third kappa shape index (κ3) is 3.30. The Labute approximate surface area is 92.9 Å². The summed E-state index contributed by atoms with van der Waals surface area (Å²) in [7, 11) is 0. The van der Waals surface area contributed by atoms with Gasteiger partial charge in [-0.1, -0.05) is 0 Å². The normalized spacial score (nSPS) is 10.4. The average Bonchev–Trinajstić information content (AvgIpc) is 2.21. The Morgan fingerprint density at radius 2 is 2.20 bits per heavy atom. The Hall–Kier alpha value is -0.900. The Morgan fingerprint density at radius 1 is 1.47 bits per heavy atom. The van der Waals surface area contributed by atoms with E-state index in [4.69, 9.17) is 11.6 Å². The van der Waals surface area contributed by atoms with E-state index in [1.54, 1.807) is 4.90 Å². The smallest absolute Gasteiger partial charge is 0.168 e. The molecule has 2 nitrogen and oxygen atoms in total. The van der Waals surface area contributed by atoms with Crippen LogP contribution in [0.4, 0.5) is 14.6 Å². The van der Waals surface area contributed by atoms with Gasteiger partial charge in [0.1, 0.15) is 5.82 Å². The lowest BCUT2D eigenvalue weighted by molar-refractivity contribution is 0.567. The number of nitrogens with zero attached hydrogens (tertiary/aromatic N) is 2. The Balaban J connectivity index is 2.81. The minimum atomic E-state index is -0.662. The molecule has 0 amide bonds. The molecular formula is C10H13ClF2N2. The van der Waals surface area contributed by atoms with Gasteiger partial charge in [-0.25, -0.2) is 13.8 Å². The molecule has 0 aromatic carbocycles. The summed E-state index contributed by atoms with van der Waals surface area (Å²) in [6.45, 7) is 3.13. The van der Waals surface area contributed by atoms with Crippen LogP contribution in [0, 0.1) is 11.6 Å². The summed E-state index contributed by atoms with van der Waals surface area (Å²) < 4.78 is 26.0. The molecule has 0 aliphatic rings. The highest BCUT2D eigenvalue weighted by atomic mass is 35.5. The van der Waals surface area contributed by atoms with Gasteiger partial charge in [-0.3, -0.25) is 0 Å². The zero-order chi connectivity index (χ0) is 11.3. The fourth-order valence-electron chi connectivity index (χ4n) is 1.30. The number of hydrogen-bond donors (Lipinski definition) is 0. The van der Waals surface area contributed by atoms with Crippen molar-refractivity contribution in [3.8, 4) is 0 Å². The minimum Gasteiger partial charge on any atom is -0.354 e. The van der Waals surface area contributed by atoms with Gasteiger partial charge >= 0.3 is 0 Å². The number of rotatable bonds is 5. The van der Waals surface area contributed by atoms with Crippen molar-refractivity contribution in [2.75, 3.05) is 23.9 Å². The number of pyridine rings is 1. The topological polar surface area (TPSA) is 16.1 Å². The number of hydrogen-bond acceptors (Lipinski definition) is 2. The molecule has 0 bridgehead atoms. The maximum absolute atomic E-state index is 13.3. The molecule has 15 heavy (non-hydrogen) atoms. The summed E-state index contributed by atoms with van der Waals surface area (Å²) in [6.07, 6.45) is 1.76. The number of aromatic nitrogens is 1. The molecule has 0 saturated heterocycles. The first kappa shape index (κ1) is 12.2. The maximum atomic E-state index is 13.3. The molecule has 0 saturated carbocycles. The van der Waals surface area contributed by atoms with Gasteiger partial charge in [0.15, 0.2) is 11.6 Å². The van der Waals surface area contributed by atoms with E-state index < -0.39 is 11.6 Å². The van der Waals surface area contributed by atoms with Crippen molar-refractivity contribution in [1.82, 2.24) is 4.98 Å². The second kappa shape index (κ2) is 5.85. The molecule has 1 heterocycles. The van der Waals surface area contributed by atoms with E-state index in [0.29, 0.717) is 19.0 Å². The highest BCUT2D eigenvalue weighted by Crippen LogP contribution is 2.16. The highest BCUT2D eigenvalue weighted by Gasteiger charge is 2.11. The van der Waals surface area contributed by atoms with Gasteiger partial charge in [0.05, 0.1) is 6.20 Å². The predicted octanol–water partition coefficient (Wildman–Crippen LogP) is 2.82. The molecule has 1 aromatic heterocycles. The zero-order valence-corrected chi connectivity index (χ0v) is 9.27. The third-order valence-corrected chi connectivity index (χ3v) is 2.30. The summed E-state index contributed by atoms with van der Waals surface area (Å²) in [5.74, 6) is -0.598. The second-order valence-electron chi connectivity index (χ2n) is 3.08. The molecule has 1 rings (SSSR count). The summed E-state index contributed by atoms with van der Waals surface area (Å²) in [5.41, 5.74) is 0. The fraction of sp³-hybridized carbons (Fsp3) is 0.500. The first-order valence-electron chi connectivity index (χ1n) is 4.81. The van der Waals surface area contributed by atoms with Crippen molar-refractivity contribution in [2.45, 2.75) is 13.3 Å². The standard InChI is InChI=1S/C10H13ClF2N2/c1-2-15(5-3-4-11)10-9(13)6-8(12)7-14-10/h6-7H,2-5H2,1H3. The third-order valence-electron chi connectivity index (χ3n) is 2.03. The van der Waals surface area contributed by atoms with Crippen molar-refractivity contribution in [3.05, 3.63) is 23.9 Å². The van der Waals surface area contributed by atoms with E-state index in [1.165, 1.54) is 0 Å². The molecule has 5 heteroatoms. The van der Waals surface area contributed by atoms with E-state index in [0.717, 1.165) is 18.7 Å². The fourth-order valence-corrected chi connectivity index (χ4v) is 1.42. The van der Waals surface area contributed by atoms with Crippen LogP contribution < -0.4 is 4.90 Å². The Kier molecular flexibility index (Phi) is 4.75. The average molecular weight is 235 g/mol. The second-order valence-corrected chi connectivity index (χ2v) is 3.46. The van der Waals surface area contributed by atoms with Crippen LogP contribution >= 0.6 is 11.6 Å². The molecule has 1 aromatic rings. The van der Waals surface area contributed by atoms with Gasteiger partial charge in [-0.15, -0.1) is 11.6 Å². The van der Waals surface area contributed by atoms with Gasteiger partial charge in [0, 0.05) is 25.0 Å².